The molecular weight excluding hydrogens is 547 g/mol. The number of nitrogens with zero attached hydrogens (tertiary/aromatic N) is 2. The molecule has 41 heavy (non-hydrogen) atoms. The average molecular weight is 588 g/mol. The largest absolute Gasteiger partial charge is 0.471 e. The highest BCUT2D eigenvalue weighted by molar-refractivity contribution is 5.92. The molecule has 1 fully saturated rings. The first-order chi connectivity index (χ1) is 19.5. The third-order valence-corrected chi connectivity index (χ3v) is 7.31. The van der Waals surface area contributed by atoms with E-state index in [1.54, 1.807) is 18.2 Å². The van der Waals surface area contributed by atoms with Crippen molar-refractivity contribution in [3.63, 3.8) is 0 Å². The second kappa shape index (κ2) is 14.8. The molecule has 1 aliphatic heterocycles. The summed E-state index contributed by atoms with van der Waals surface area (Å²) >= 11 is 0. The van der Waals surface area contributed by atoms with Gasteiger partial charge < -0.3 is 29.2 Å². The first-order valence-corrected chi connectivity index (χ1v) is 14.0. The van der Waals surface area contributed by atoms with Crippen molar-refractivity contribution in [2.45, 2.75) is 77.0 Å². The molecule has 1 N–H and O–H groups in total. The van der Waals surface area contributed by atoms with Gasteiger partial charge in [-0.25, -0.2) is 9.59 Å². The topological polar surface area (TPSA) is 107 Å². The van der Waals surface area contributed by atoms with Crippen LogP contribution in [0.1, 0.15) is 57.1 Å². The van der Waals surface area contributed by atoms with E-state index in [0.29, 0.717) is 31.7 Å². The molecule has 0 radical (unpaired) electrons. The number of carbonyl (C=O) groups excluding carboxylic acids is 3. The van der Waals surface area contributed by atoms with Gasteiger partial charge in [-0.05, 0) is 75.6 Å². The van der Waals surface area contributed by atoms with Gasteiger partial charge in [0.1, 0.15) is 12.3 Å². The molecule has 2 aliphatic rings. The number of nitrogens with one attached hydrogen (secondary N) is 1. The van der Waals surface area contributed by atoms with Crippen LogP contribution in [0.5, 0.6) is 0 Å². The molecule has 13 heteroatoms. The molecule has 0 spiro atoms. The Hall–Kier alpha value is -2.90. The number of urea groups is 1. The smallest absolute Gasteiger partial charge is 0.467 e. The highest BCUT2D eigenvalue weighted by Crippen LogP contribution is 2.31. The summed E-state index contributed by atoms with van der Waals surface area (Å²) in [5.74, 6) is -2.41. The zero-order valence-electron chi connectivity index (χ0n) is 23.9. The standard InChI is InChI=1S/C28H40F3N3O7/c1-4-39-24(40-5-2)18-34(26(37)32-27(13-7-6-8-14-27)41-19-23(35)38-3)22-10-9-20-11-15-33(16-12-21(20)17-22)25(36)28(29,30)31/h9-10,17,24H,4-8,11-16,18-19H2,1-3H3,(H,32,37). The van der Waals surface area contributed by atoms with Crippen LogP contribution in [0, 0.1) is 0 Å². The molecule has 0 aromatic heterocycles. The first-order valence-electron chi connectivity index (χ1n) is 14.0. The Labute approximate surface area is 238 Å². The number of halogens is 3. The van der Waals surface area contributed by atoms with Gasteiger partial charge in [0.05, 0.1) is 13.7 Å². The van der Waals surface area contributed by atoms with Crippen molar-refractivity contribution in [2.75, 3.05) is 51.5 Å². The highest BCUT2D eigenvalue weighted by Gasteiger charge is 2.43. The lowest BCUT2D eigenvalue weighted by Gasteiger charge is -2.39. The van der Waals surface area contributed by atoms with E-state index >= 15 is 0 Å². The van der Waals surface area contributed by atoms with Gasteiger partial charge in [-0.2, -0.15) is 13.2 Å². The number of alkyl halides is 3. The van der Waals surface area contributed by atoms with Crippen LogP contribution in [0.2, 0.25) is 0 Å². The van der Waals surface area contributed by atoms with Crippen LogP contribution < -0.4 is 10.2 Å². The predicted octanol–water partition coefficient (Wildman–Crippen LogP) is 3.94. The Kier molecular flexibility index (Phi) is 11.8. The zero-order valence-corrected chi connectivity index (χ0v) is 23.9. The number of fused-ring (bicyclic) bond motifs is 1. The SMILES string of the molecule is CCOC(CN(C(=O)NC1(OCC(=O)OC)CCCCC1)c1ccc2c(c1)CCN(C(=O)C(F)(F)F)CC2)OCC. The number of esters is 1. The predicted molar refractivity (Wildman–Crippen MR) is 143 cm³/mol. The summed E-state index contributed by atoms with van der Waals surface area (Å²) in [6.45, 7) is 3.88. The molecule has 1 saturated carbocycles. The Morgan fingerprint density at radius 1 is 1.02 bits per heavy atom. The summed E-state index contributed by atoms with van der Waals surface area (Å²) in [6.07, 6.45) is -1.63. The number of hydrogen-bond donors (Lipinski definition) is 1. The maximum absolute atomic E-state index is 13.9. The number of ether oxygens (including phenoxy) is 4. The van der Waals surface area contributed by atoms with E-state index in [0.717, 1.165) is 35.3 Å². The van der Waals surface area contributed by atoms with Crippen LogP contribution in [-0.4, -0.2) is 87.6 Å². The van der Waals surface area contributed by atoms with E-state index in [4.69, 9.17) is 18.9 Å². The van der Waals surface area contributed by atoms with Gasteiger partial charge in [-0.15, -0.1) is 0 Å². The number of benzene rings is 1. The van der Waals surface area contributed by atoms with Gasteiger partial charge in [-0.3, -0.25) is 9.69 Å². The van der Waals surface area contributed by atoms with Gasteiger partial charge in [0.2, 0.25) is 0 Å². The molecule has 230 valence electrons. The van der Waals surface area contributed by atoms with E-state index in [1.807, 2.05) is 13.8 Å². The number of anilines is 1. The molecule has 1 aromatic carbocycles. The van der Waals surface area contributed by atoms with E-state index in [1.165, 1.54) is 12.0 Å². The summed E-state index contributed by atoms with van der Waals surface area (Å²) in [5, 5.41) is 3.00. The monoisotopic (exact) mass is 587 g/mol. The van der Waals surface area contributed by atoms with Crippen molar-refractivity contribution in [1.29, 1.82) is 0 Å². The summed E-state index contributed by atoms with van der Waals surface area (Å²) in [6, 6.07) is 4.75. The van der Waals surface area contributed by atoms with Gasteiger partial charge in [0, 0.05) is 32.0 Å². The zero-order chi connectivity index (χ0) is 30.0. The Bertz CT molecular complexity index is 1040. The third kappa shape index (κ3) is 9.04. The van der Waals surface area contributed by atoms with Gasteiger partial charge in [-0.1, -0.05) is 12.5 Å². The summed E-state index contributed by atoms with van der Waals surface area (Å²) in [5.41, 5.74) is 0.970. The molecule has 1 heterocycles. The maximum atomic E-state index is 13.9. The van der Waals surface area contributed by atoms with Crippen molar-refractivity contribution >= 4 is 23.6 Å². The molecule has 1 aromatic rings. The van der Waals surface area contributed by atoms with Crippen molar-refractivity contribution in [3.8, 4) is 0 Å². The van der Waals surface area contributed by atoms with Crippen LogP contribution in [0.25, 0.3) is 0 Å². The third-order valence-electron chi connectivity index (χ3n) is 7.31. The van der Waals surface area contributed by atoms with E-state index < -0.39 is 36.1 Å². The van der Waals surface area contributed by atoms with E-state index in [-0.39, 0.29) is 39.1 Å². The summed E-state index contributed by atoms with van der Waals surface area (Å²) < 4.78 is 61.2. The molecule has 1 aliphatic carbocycles. The fourth-order valence-corrected chi connectivity index (χ4v) is 5.19. The molecule has 3 amide bonds. The minimum Gasteiger partial charge on any atom is -0.467 e. The van der Waals surface area contributed by atoms with Crippen LogP contribution in [0.15, 0.2) is 18.2 Å². The minimum absolute atomic E-state index is 0.0259. The highest BCUT2D eigenvalue weighted by atomic mass is 19.4. The number of amides is 3. The quantitative estimate of drug-likeness (QED) is 0.309. The number of hydrogen-bond acceptors (Lipinski definition) is 7. The lowest BCUT2D eigenvalue weighted by Crippen LogP contribution is -2.57. The number of carbonyl (C=O) groups is 3. The van der Waals surface area contributed by atoms with Crippen molar-refractivity contribution in [1.82, 2.24) is 10.2 Å². The number of methoxy groups -OCH3 is 1. The Morgan fingerprint density at radius 3 is 2.24 bits per heavy atom. The fraction of sp³-hybridized carbons (Fsp3) is 0.679. The molecule has 0 bridgehead atoms. The van der Waals surface area contributed by atoms with Crippen LogP contribution in [-0.2, 0) is 41.4 Å². The van der Waals surface area contributed by atoms with Crippen molar-refractivity contribution in [2.24, 2.45) is 0 Å². The van der Waals surface area contributed by atoms with Gasteiger partial charge >= 0.3 is 24.1 Å². The van der Waals surface area contributed by atoms with Crippen LogP contribution >= 0.6 is 0 Å². The summed E-state index contributed by atoms with van der Waals surface area (Å²) in [7, 11) is 1.26. The molecular formula is C28H40F3N3O7. The number of rotatable bonds is 11. The van der Waals surface area contributed by atoms with Crippen LogP contribution in [0.4, 0.5) is 23.7 Å². The molecule has 10 nitrogen and oxygen atoms in total. The van der Waals surface area contributed by atoms with Gasteiger partial charge in [0.25, 0.3) is 0 Å². The maximum Gasteiger partial charge on any atom is 0.471 e. The fourth-order valence-electron chi connectivity index (χ4n) is 5.19. The average Bonchev–Trinajstić information content (AvgIpc) is 3.16. The van der Waals surface area contributed by atoms with Crippen molar-refractivity contribution < 1.29 is 46.5 Å². The second-order valence-corrected chi connectivity index (χ2v) is 10.0. The molecule has 0 unspecified atom stereocenters. The second-order valence-electron chi connectivity index (χ2n) is 10.0. The normalized spacial score (nSPS) is 17.0. The minimum atomic E-state index is -4.94. The van der Waals surface area contributed by atoms with Gasteiger partial charge in [0.15, 0.2) is 6.29 Å². The van der Waals surface area contributed by atoms with E-state index in [9.17, 15) is 27.6 Å². The Morgan fingerprint density at radius 2 is 1.66 bits per heavy atom. The lowest BCUT2D eigenvalue weighted by atomic mass is 9.91. The summed E-state index contributed by atoms with van der Waals surface area (Å²) in [4.78, 5) is 39.8. The van der Waals surface area contributed by atoms with Crippen LogP contribution in [0.3, 0.4) is 0 Å². The molecule has 0 saturated heterocycles. The first kappa shape index (κ1) is 32.6. The lowest BCUT2D eigenvalue weighted by molar-refractivity contribution is -0.185. The molecule has 3 rings (SSSR count). The van der Waals surface area contributed by atoms with E-state index in [2.05, 4.69) is 5.32 Å². The van der Waals surface area contributed by atoms with Crippen molar-refractivity contribution in [3.05, 3.63) is 29.3 Å². The Balaban J connectivity index is 1.89. The molecule has 0 atom stereocenters.